The van der Waals surface area contributed by atoms with Crippen LogP contribution in [0.3, 0.4) is 0 Å². The summed E-state index contributed by atoms with van der Waals surface area (Å²) in [6.45, 7) is 9.28. The van der Waals surface area contributed by atoms with Crippen molar-refractivity contribution in [1.29, 1.82) is 0 Å². The maximum absolute atomic E-state index is 12.2. The van der Waals surface area contributed by atoms with Crippen LogP contribution in [0.5, 0.6) is 0 Å². The lowest BCUT2D eigenvalue weighted by Gasteiger charge is -2.31. The molecule has 4 heteroatoms. The van der Waals surface area contributed by atoms with Crippen molar-refractivity contribution < 1.29 is 9.53 Å². The minimum Gasteiger partial charge on any atom is -0.376 e. The van der Waals surface area contributed by atoms with Gasteiger partial charge >= 0.3 is 0 Å². The van der Waals surface area contributed by atoms with E-state index in [4.69, 9.17) is 4.74 Å². The summed E-state index contributed by atoms with van der Waals surface area (Å²) in [5.74, 6) is 1.27. The van der Waals surface area contributed by atoms with Crippen LogP contribution in [0.2, 0.25) is 0 Å². The minimum atomic E-state index is -0.179. The van der Waals surface area contributed by atoms with Gasteiger partial charge in [0, 0.05) is 13.0 Å². The first-order chi connectivity index (χ1) is 9.01. The first-order valence-corrected chi connectivity index (χ1v) is 7.64. The zero-order valence-electron chi connectivity index (χ0n) is 12.5. The molecule has 19 heavy (non-hydrogen) atoms. The second-order valence-electron chi connectivity index (χ2n) is 6.52. The Labute approximate surface area is 116 Å². The number of ether oxygens (including phenoxy) is 1. The van der Waals surface area contributed by atoms with Crippen molar-refractivity contribution in [3.63, 3.8) is 0 Å². The molecule has 2 saturated heterocycles. The van der Waals surface area contributed by atoms with Crippen molar-refractivity contribution in [2.24, 2.45) is 11.8 Å². The molecule has 2 heterocycles. The van der Waals surface area contributed by atoms with E-state index >= 15 is 0 Å². The normalized spacial score (nSPS) is 37.0. The molecule has 4 atom stereocenters. The lowest BCUT2D eigenvalue weighted by molar-refractivity contribution is -0.124. The van der Waals surface area contributed by atoms with Crippen molar-refractivity contribution in [2.75, 3.05) is 19.7 Å². The molecule has 4 unspecified atom stereocenters. The van der Waals surface area contributed by atoms with E-state index in [1.165, 1.54) is 12.8 Å². The van der Waals surface area contributed by atoms with E-state index in [0.717, 1.165) is 26.1 Å². The molecular weight excluding hydrogens is 240 g/mol. The van der Waals surface area contributed by atoms with Crippen molar-refractivity contribution >= 4 is 5.91 Å². The SMILES string of the molecule is CC(CC(=O)NC1(C)CCOC1C)C1CCCNC1. The number of carbonyl (C=O) groups is 1. The van der Waals surface area contributed by atoms with Gasteiger partial charge in [-0.3, -0.25) is 4.79 Å². The Bertz CT molecular complexity index is 315. The zero-order chi connectivity index (χ0) is 13.9. The molecule has 0 bridgehead atoms. The molecule has 0 saturated carbocycles. The van der Waals surface area contributed by atoms with Crippen molar-refractivity contribution in [2.45, 2.75) is 58.1 Å². The highest BCUT2D eigenvalue weighted by molar-refractivity contribution is 5.77. The average molecular weight is 268 g/mol. The van der Waals surface area contributed by atoms with Crippen LogP contribution in [0.15, 0.2) is 0 Å². The van der Waals surface area contributed by atoms with Crippen LogP contribution in [0.1, 0.15) is 46.5 Å². The van der Waals surface area contributed by atoms with E-state index in [2.05, 4.69) is 24.5 Å². The maximum Gasteiger partial charge on any atom is 0.220 e. The van der Waals surface area contributed by atoms with Gasteiger partial charge in [0.1, 0.15) is 0 Å². The molecule has 1 amide bonds. The molecule has 2 fully saturated rings. The minimum absolute atomic E-state index is 0.114. The van der Waals surface area contributed by atoms with E-state index in [9.17, 15) is 4.79 Å². The van der Waals surface area contributed by atoms with Crippen LogP contribution >= 0.6 is 0 Å². The Morgan fingerprint density at radius 2 is 2.37 bits per heavy atom. The van der Waals surface area contributed by atoms with Crippen molar-refractivity contribution in [1.82, 2.24) is 10.6 Å². The fraction of sp³-hybridized carbons (Fsp3) is 0.933. The van der Waals surface area contributed by atoms with Gasteiger partial charge in [0.2, 0.25) is 5.91 Å². The largest absolute Gasteiger partial charge is 0.376 e. The summed E-state index contributed by atoms with van der Waals surface area (Å²) < 4.78 is 5.57. The van der Waals surface area contributed by atoms with Gasteiger partial charge in [-0.25, -0.2) is 0 Å². The summed E-state index contributed by atoms with van der Waals surface area (Å²) in [6.07, 6.45) is 4.15. The lowest BCUT2D eigenvalue weighted by atomic mass is 9.85. The predicted octanol–water partition coefficient (Wildman–Crippen LogP) is 1.70. The number of rotatable bonds is 4. The summed E-state index contributed by atoms with van der Waals surface area (Å²) in [4.78, 5) is 12.2. The van der Waals surface area contributed by atoms with Crippen LogP contribution in [-0.4, -0.2) is 37.2 Å². The number of hydrogen-bond acceptors (Lipinski definition) is 3. The zero-order valence-corrected chi connectivity index (χ0v) is 12.5. The molecule has 0 radical (unpaired) electrons. The van der Waals surface area contributed by atoms with Gasteiger partial charge in [-0.15, -0.1) is 0 Å². The molecule has 2 N–H and O–H groups in total. The van der Waals surface area contributed by atoms with Crippen molar-refractivity contribution in [3.8, 4) is 0 Å². The molecule has 0 aromatic heterocycles. The molecular formula is C15H28N2O2. The monoisotopic (exact) mass is 268 g/mol. The first kappa shape index (κ1) is 14.8. The fourth-order valence-corrected chi connectivity index (χ4v) is 3.19. The van der Waals surface area contributed by atoms with Gasteiger partial charge in [0.25, 0.3) is 0 Å². The third kappa shape index (κ3) is 3.69. The molecule has 0 aromatic rings. The average Bonchev–Trinajstić information content (AvgIpc) is 2.70. The first-order valence-electron chi connectivity index (χ1n) is 7.64. The number of hydrogen-bond donors (Lipinski definition) is 2. The number of nitrogens with one attached hydrogen (secondary N) is 2. The summed E-state index contributed by atoms with van der Waals surface area (Å²) in [6, 6.07) is 0. The van der Waals surface area contributed by atoms with Gasteiger partial charge in [0.15, 0.2) is 0 Å². The Balaban J connectivity index is 1.80. The number of piperidine rings is 1. The number of carbonyl (C=O) groups excluding carboxylic acids is 1. The molecule has 110 valence electrons. The smallest absolute Gasteiger partial charge is 0.220 e. The molecule has 0 aromatic carbocycles. The van der Waals surface area contributed by atoms with Gasteiger partial charge in [0.05, 0.1) is 11.6 Å². The highest BCUT2D eigenvalue weighted by Crippen LogP contribution is 2.27. The Morgan fingerprint density at radius 1 is 1.58 bits per heavy atom. The standard InChI is InChI=1S/C15H28N2O2/c1-11(13-5-4-7-16-10-13)9-14(18)17-15(3)6-8-19-12(15)2/h11-13,16H,4-10H2,1-3H3,(H,17,18). The van der Waals surface area contributed by atoms with Gasteiger partial charge in [-0.2, -0.15) is 0 Å². The Morgan fingerprint density at radius 3 is 2.95 bits per heavy atom. The lowest BCUT2D eigenvalue weighted by Crippen LogP contribution is -2.51. The fourth-order valence-electron chi connectivity index (χ4n) is 3.19. The second kappa shape index (κ2) is 6.23. The van der Waals surface area contributed by atoms with Crippen LogP contribution in [0.4, 0.5) is 0 Å². The van der Waals surface area contributed by atoms with E-state index < -0.39 is 0 Å². The summed E-state index contributed by atoms with van der Waals surface area (Å²) >= 11 is 0. The van der Waals surface area contributed by atoms with Crippen LogP contribution in [0.25, 0.3) is 0 Å². The van der Waals surface area contributed by atoms with E-state index in [-0.39, 0.29) is 17.6 Å². The van der Waals surface area contributed by atoms with E-state index in [1.807, 2.05) is 6.92 Å². The predicted molar refractivity (Wildman–Crippen MR) is 76.0 cm³/mol. The number of amides is 1. The molecule has 0 aliphatic carbocycles. The highest BCUT2D eigenvalue weighted by atomic mass is 16.5. The van der Waals surface area contributed by atoms with Gasteiger partial charge < -0.3 is 15.4 Å². The highest BCUT2D eigenvalue weighted by Gasteiger charge is 2.38. The molecule has 0 spiro atoms. The Kier molecular flexibility index (Phi) is 4.85. The van der Waals surface area contributed by atoms with Crippen molar-refractivity contribution in [3.05, 3.63) is 0 Å². The second-order valence-corrected chi connectivity index (χ2v) is 6.52. The molecule has 4 nitrogen and oxygen atoms in total. The van der Waals surface area contributed by atoms with Crippen LogP contribution in [0, 0.1) is 11.8 Å². The third-order valence-corrected chi connectivity index (χ3v) is 4.96. The topological polar surface area (TPSA) is 50.4 Å². The van der Waals surface area contributed by atoms with E-state index in [0.29, 0.717) is 18.3 Å². The molecule has 2 rings (SSSR count). The van der Waals surface area contributed by atoms with Gasteiger partial charge in [-0.05, 0) is 58.0 Å². The summed E-state index contributed by atoms with van der Waals surface area (Å²) in [5.41, 5.74) is -0.179. The van der Waals surface area contributed by atoms with E-state index in [1.54, 1.807) is 0 Å². The quantitative estimate of drug-likeness (QED) is 0.816. The maximum atomic E-state index is 12.2. The van der Waals surface area contributed by atoms with Crippen LogP contribution in [-0.2, 0) is 9.53 Å². The summed E-state index contributed by atoms with van der Waals surface area (Å²) in [7, 11) is 0. The molecule has 2 aliphatic heterocycles. The third-order valence-electron chi connectivity index (χ3n) is 4.96. The van der Waals surface area contributed by atoms with Gasteiger partial charge in [-0.1, -0.05) is 6.92 Å². The molecule has 2 aliphatic rings. The van der Waals surface area contributed by atoms with Crippen LogP contribution < -0.4 is 10.6 Å². The summed E-state index contributed by atoms with van der Waals surface area (Å²) in [5, 5.41) is 6.62. The Hall–Kier alpha value is -0.610.